The molecule has 1 heterocycles. The van der Waals surface area contributed by atoms with E-state index in [9.17, 15) is 18.3 Å². The highest BCUT2D eigenvalue weighted by Crippen LogP contribution is 2.56. The van der Waals surface area contributed by atoms with Gasteiger partial charge >= 0.3 is 5.97 Å². The van der Waals surface area contributed by atoms with Crippen molar-refractivity contribution < 1.29 is 50.3 Å². The molecule has 0 radical (unpaired) electrons. The van der Waals surface area contributed by atoms with Crippen LogP contribution in [0.2, 0.25) is 10.1 Å². The number of hydrogen-bond donors (Lipinski definition) is 1. The Hall–Kier alpha value is -4.69. The second kappa shape index (κ2) is 19.3. The molecule has 0 amide bonds. The predicted octanol–water partition coefficient (Wildman–Crippen LogP) is 5.63. The molecule has 7 rings (SSSR count). The van der Waals surface area contributed by atoms with E-state index in [0.717, 1.165) is 27.0 Å². The lowest BCUT2D eigenvalue weighted by Crippen LogP contribution is -2.71. The summed E-state index contributed by atoms with van der Waals surface area (Å²) in [7, 11) is -9.69. The second-order valence-corrected chi connectivity index (χ2v) is 30.9. The standard InChI is InChI=1S/C54H64O11SSi2/c1-50(2,3)49(55)60-37-47(61-38-59-10)53(56)35-34-39-36-44(64-67(51(4,5)6,40-24-16-12-17-25-40)41-26-18-13-19-27-41)48(54(39)46(62-54)33-32-45(53)63-66(11,57)58)65-68(52(7,8)9,42-28-20-14-21-29-42)43-30-22-15-23-31-43/h12-31,36,44-48,56H,37-38H2,1-11H3/t44-,45+,46-,47+,48+,53+,54+/m0/s1. The average Bonchev–Trinajstić information content (AvgIpc) is 3.93. The van der Waals surface area contributed by atoms with E-state index in [4.69, 9.17) is 32.0 Å². The summed E-state index contributed by atoms with van der Waals surface area (Å²) in [6, 6.07) is 41.2. The van der Waals surface area contributed by atoms with Gasteiger partial charge < -0.3 is 32.9 Å². The van der Waals surface area contributed by atoms with Crippen LogP contribution >= 0.6 is 0 Å². The number of carbonyl (C=O) groups excluding carboxylic acids is 1. The summed E-state index contributed by atoms with van der Waals surface area (Å²) in [5, 5.41) is 16.1. The van der Waals surface area contributed by atoms with Gasteiger partial charge in [0.2, 0.25) is 0 Å². The van der Waals surface area contributed by atoms with Crippen LogP contribution in [0.15, 0.2) is 133 Å². The third-order valence-electron chi connectivity index (χ3n) is 12.8. The summed E-state index contributed by atoms with van der Waals surface area (Å²) in [5.74, 6) is 11.7. The van der Waals surface area contributed by atoms with Crippen molar-refractivity contribution in [3.63, 3.8) is 0 Å². The molecule has 0 bridgehead atoms. The van der Waals surface area contributed by atoms with E-state index in [2.05, 4.69) is 114 Å². The number of methoxy groups -OCH3 is 1. The van der Waals surface area contributed by atoms with Gasteiger partial charge in [0.25, 0.3) is 26.8 Å². The molecular formula is C54H64O11SSi2. The fourth-order valence-corrected chi connectivity index (χ4v) is 19.4. The zero-order valence-corrected chi connectivity index (χ0v) is 43.7. The molecule has 11 nitrogen and oxygen atoms in total. The molecule has 0 unspecified atom stereocenters. The Labute approximate surface area is 404 Å². The summed E-state index contributed by atoms with van der Waals surface area (Å²) in [6.07, 6.45) is -3.20. The van der Waals surface area contributed by atoms with Crippen molar-refractivity contribution in [3.05, 3.63) is 133 Å². The van der Waals surface area contributed by atoms with Crippen LogP contribution in [-0.2, 0) is 46.9 Å². The van der Waals surface area contributed by atoms with Crippen molar-refractivity contribution in [2.75, 3.05) is 26.8 Å². The predicted molar refractivity (Wildman–Crippen MR) is 268 cm³/mol. The lowest BCUT2D eigenvalue weighted by atomic mass is 9.90. The van der Waals surface area contributed by atoms with Crippen molar-refractivity contribution in [2.45, 2.75) is 114 Å². The van der Waals surface area contributed by atoms with E-state index in [1.165, 1.54) is 7.11 Å². The summed E-state index contributed by atoms with van der Waals surface area (Å²) >= 11 is 0. The minimum absolute atomic E-state index is 0.373. The summed E-state index contributed by atoms with van der Waals surface area (Å²) in [4.78, 5) is 13.1. The molecule has 1 spiro atoms. The van der Waals surface area contributed by atoms with E-state index < -0.39 is 96.5 Å². The molecule has 1 saturated heterocycles. The molecular weight excluding hydrogens is 913 g/mol. The van der Waals surface area contributed by atoms with Crippen molar-refractivity contribution in [3.8, 4) is 23.7 Å². The zero-order chi connectivity index (χ0) is 49.4. The largest absolute Gasteiger partial charge is 0.462 e. The van der Waals surface area contributed by atoms with E-state index in [1.54, 1.807) is 20.8 Å². The van der Waals surface area contributed by atoms with E-state index in [1.807, 2.05) is 78.9 Å². The van der Waals surface area contributed by atoms with Gasteiger partial charge in [0.1, 0.15) is 25.6 Å². The topological polar surface area (TPSA) is 139 Å². The van der Waals surface area contributed by atoms with Crippen LogP contribution in [0.4, 0.5) is 0 Å². The molecule has 1 fully saturated rings. The monoisotopic (exact) mass is 976 g/mol. The maximum absolute atomic E-state index is 13.1. The van der Waals surface area contributed by atoms with Crippen molar-refractivity contribution in [1.29, 1.82) is 0 Å². The van der Waals surface area contributed by atoms with E-state index in [-0.39, 0.29) is 6.79 Å². The van der Waals surface area contributed by atoms with Gasteiger partial charge in [-0.05, 0) is 57.7 Å². The fourth-order valence-electron chi connectivity index (χ4n) is 9.50. The SMILES string of the molecule is COCO[C@H](COC(=O)C(C)(C)C)[C@@]1(O)C#CC2=C[C@H](O[Si](c3ccccc3)(c3ccccc3)C(C)(C)C)[C@@H](O[Si](c3ccccc3)(c3ccccc3)C(C)(C)C)[C@@]23O[C@H]3C#C[C@H]1OS(C)(=O)=O. The van der Waals surface area contributed by atoms with Crippen LogP contribution in [0.1, 0.15) is 62.3 Å². The van der Waals surface area contributed by atoms with Crippen LogP contribution in [0.3, 0.4) is 0 Å². The van der Waals surface area contributed by atoms with Gasteiger partial charge in [-0.15, -0.1) is 0 Å². The quantitative estimate of drug-likeness (QED) is 0.0374. The van der Waals surface area contributed by atoms with Crippen LogP contribution in [-0.4, -0.2) is 105 Å². The first kappa shape index (κ1) is 51.2. The van der Waals surface area contributed by atoms with E-state index >= 15 is 0 Å². The Bertz CT molecular complexity index is 2610. The number of hydrogen-bond acceptors (Lipinski definition) is 11. The van der Waals surface area contributed by atoms with Crippen molar-refractivity contribution in [1.82, 2.24) is 0 Å². The van der Waals surface area contributed by atoms with Gasteiger partial charge in [-0.2, -0.15) is 8.42 Å². The number of epoxide rings is 1. The summed E-state index contributed by atoms with van der Waals surface area (Å²) in [6.45, 7) is 17.4. The first-order valence-electron chi connectivity index (χ1n) is 22.8. The molecule has 0 saturated carbocycles. The Balaban J connectivity index is 1.51. The zero-order valence-electron chi connectivity index (χ0n) is 40.9. The second-order valence-electron chi connectivity index (χ2n) is 20.8. The molecule has 7 atom stereocenters. The van der Waals surface area contributed by atoms with Crippen molar-refractivity contribution in [2.24, 2.45) is 5.41 Å². The molecule has 68 heavy (non-hydrogen) atoms. The van der Waals surface area contributed by atoms with Crippen LogP contribution in [0.25, 0.3) is 0 Å². The molecule has 1 aliphatic heterocycles. The average molecular weight is 977 g/mol. The highest BCUT2D eigenvalue weighted by molar-refractivity contribution is 7.86. The molecule has 4 aromatic carbocycles. The molecule has 3 aliphatic rings. The van der Waals surface area contributed by atoms with Crippen LogP contribution in [0, 0.1) is 29.1 Å². The number of rotatable bonds is 16. The minimum Gasteiger partial charge on any atom is -0.462 e. The summed E-state index contributed by atoms with van der Waals surface area (Å²) < 4.78 is 71.4. The Morgan fingerprint density at radius 3 is 1.60 bits per heavy atom. The van der Waals surface area contributed by atoms with Crippen molar-refractivity contribution >= 4 is 53.5 Å². The third kappa shape index (κ3) is 9.74. The third-order valence-corrected chi connectivity index (χ3v) is 23.4. The Kier molecular flexibility index (Phi) is 14.5. The van der Waals surface area contributed by atoms with Gasteiger partial charge in [0.05, 0.1) is 17.8 Å². The number of esters is 1. The van der Waals surface area contributed by atoms with Gasteiger partial charge in [-0.1, -0.05) is 187 Å². The number of carbonyl (C=O) groups is 1. The van der Waals surface area contributed by atoms with Crippen LogP contribution in [0.5, 0.6) is 0 Å². The van der Waals surface area contributed by atoms with Gasteiger partial charge in [0.15, 0.2) is 23.4 Å². The number of benzene rings is 4. The Morgan fingerprint density at radius 2 is 1.19 bits per heavy atom. The molecule has 14 heteroatoms. The first-order valence-corrected chi connectivity index (χ1v) is 28.5. The number of ether oxygens (including phenoxy) is 4. The molecule has 2 aliphatic carbocycles. The lowest BCUT2D eigenvalue weighted by molar-refractivity contribution is -0.184. The molecule has 1 N–H and O–H groups in total. The maximum Gasteiger partial charge on any atom is 0.311 e. The van der Waals surface area contributed by atoms with Crippen LogP contribution < -0.4 is 20.7 Å². The van der Waals surface area contributed by atoms with Gasteiger partial charge in [0, 0.05) is 12.7 Å². The van der Waals surface area contributed by atoms with Gasteiger partial charge in [-0.3, -0.25) is 4.79 Å². The molecule has 360 valence electrons. The highest BCUT2D eigenvalue weighted by atomic mass is 32.2. The smallest absolute Gasteiger partial charge is 0.311 e. The number of aliphatic hydroxyl groups is 1. The Morgan fingerprint density at radius 1 is 0.735 bits per heavy atom. The molecule has 4 aromatic rings. The normalized spacial score (nSPS) is 24.3. The lowest BCUT2D eigenvalue weighted by Gasteiger charge is -2.48. The van der Waals surface area contributed by atoms with Gasteiger partial charge in [-0.25, -0.2) is 4.18 Å². The highest BCUT2D eigenvalue weighted by Gasteiger charge is 2.72. The maximum atomic E-state index is 13.1. The van der Waals surface area contributed by atoms with E-state index in [0.29, 0.717) is 5.57 Å². The fraction of sp³-hybridized carbons (Fsp3) is 0.426. The summed E-state index contributed by atoms with van der Waals surface area (Å²) in [5.41, 5.74) is -4.40. The molecule has 0 aromatic heterocycles. The minimum atomic E-state index is -4.29. The first-order chi connectivity index (χ1) is 31.9.